The molecule has 0 aromatic heterocycles. The molecule has 0 spiro atoms. The summed E-state index contributed by atoms with van der Waals surface area (Å²) in [5.41, 5.74) is 0. The topological polar surface area (TPSA) is 38.3 Å². The molecule has 0 aromatic carbocycles. The van der Waals surface area contributed by atoms with Gasteiger partial charge in [-0.05, 0) is 63.7 Å². The van der Waals surface area contributed by atoms with Crippen molar-refractivity contribution >= 4 is 5.97 Å². The molecule has 20 heavy (non-hydrogen) atoms. The van der Waals surface area contributed by atoms with Crippen LogP contribution < -0.4 is 5.32 Å². The van der Waals surface area contributed by atoms with Gasteiger partial charge in [0.2, 0.25) is 0 Å². The molecule has 2 fully saturated rings. The smallest absolute Gasteiger partial charge is 0.308 e. The highest BCUT2D eigenvalue weighted by Gasteiger charge is 2.31. The summed E-state index contributed by atoms with van der Waals surface area (Å²) >= 11 is 0. The SMILES string of the molecule is CCOC(=O)C1CCC(NC2CCC(C)CC2C)CC1. The van der Waals surface area contributed by atoms with Gasteiger partial charge in [0.05, 0.1) is 12.5 Å². The molecule has 0 aromatic rings. The summed E-state index contributed by atoms with van der Waals surface area (Å²) in [5, 5.41) is 3.87. The zero-order valence-electron chi connectivity index (χ0n) is 13.4. The minimum Gasteiger partial charge on any atom is -0.466 e. The number of nitrogens with one attached hydrogen (secondary N) is 1. The van der Waals surface area contributed by atoms with Crippen LogP contribution in [-0.2, 0) is 9.53 Å². The lowest BCUT2D eigenvalue weighted by atomic mass is 9.78. The van der Waals surface area contributed by atoms with E-state index >= 15 is 0 Å². The predicted molar refractivity (Wildman–Crippen MR) is 81.5 cm³/mol. The van der Waals surface area contributed by atoms with Crippen LogP contribution >= 0.6 is 0 Å². The van der Waals surface area contributed by atoms with E-state index in [9.17, 15) is 4.79 Å². The molecule has 1 N–H and O–H groups in total. The van der Waals surface area contributed by atoms with Crippen LogP contribution in [0.4, 0.5) is 0 Å². The molecule has 0 bridgehead atoms. The fourth-order valence-corrected chi connectivity index (χ4v) is 3.97. The highest BCUT2D eigenvalue weighted by atomic mass is 16.5. The van der Waals surface area contributed by atoms with Gasteiger partial charge in [-0.1, -0.05) is 13.8 Å². The van der Waals surface area contributed by atoms with Crippen molar-refractivity contribution in [3.63, 3.8) is 0 Å². The Bertz CT molecular complexity index is 310. The van der Waals surface area contributed by atoms with E-state index in [1.165, 1.54) is 19.3 Å². The van der Waals surface area contributed by atoms with E-state index in [2.05, 4.69) is 19.2 Å². The van der Waals surface area contributed by atoms with Crippen molar-refractivity contribution in [3.05, 3.63) is 0 Å². The third-order valence-electron chi connectivity index (χ3n) is 5.23. The fourth-order valence-electron chi connectivity index (χ4n) is 3.97. The first kappa shape index (κ1) is 15.8. The van der Waals surface area contributed by atoms with Crippen molar-refractivity contribution in [3.8, 4) is 0 Å². The predicted octanol–water partition coefficient (Wildman–Crippen LogP) is 3.52. The van der Waals surface area contributed by atoms with Gasteiger partial charge in [0.25, 0.3) is 0 Å². The summed E-state index contributed by atoms with van der Waals surface area (Å²) in [6.07, 6.45) is 8.28. The van der Waals surface area contributed by atoms with Gasteiger partial charge in [0, 0.05) is 12.1 Å². The molecule has 2 saturated carbocycles. The number of hydrogen-bond acceptors (Lipinski definition) is 3. The van der Waals surface area contributed by atoms with Gasteiger partial charge < -0.3 is 10.1 Å². The maximum atomic E-state index is 11.7. The van der Waals surface area contributed by atoms with Crippen molar-refractivity contribution in [2.24, 2.45) is 17.8 Å². The number of carbonyl (C=O) groups excluding carboxylic acids is 1. The zero-order chi connectivity index (χ0) is 14.5. The lowest BCUT2D eigenvalue weighted by Gasteiger charge is -2.38. The second-order valence-electron chi connectivity index (χ2n) is 6.97. The molecule has 2 aliphatic carbocycles. The highest BCUT2D eigenvalue weighted by molar-refractivity contribution is 5.72. The second kappa shape index (κ2) is 7.44. The molecule has 3 heteroatoms. The molecule has 0 amide bonds. The standard InChI is InChI=1S/C17H31NO2/c1-4-20-17(19)14-6-8-15(9-7-14)18-16-10-5-12(2)11-13(16)3/h12-16,18H,4-11H2,1-3H3. The summed E-state index contributed by atoms with van der Waals surface area (Å²) in [5.74, 6) is 1.85. The van der Waals surface area contributed by atoms with Crippen LogP contribution in [0.1, 0.15) is 65.7 Å². The van der Waals surface area contributed by atoms with E-state index < -0.39 is 0 Å². The summed E-state index contributed by atoms with van der Waals surface area (Å²) in [6, 6.07) is 1.30. The molecule has 3 unspecified atom stereocenters. The molecule has 116 valence electrons. The summed E-state index contributed by atoms with van der Waals surface area (Å²) in [7, 11) is 0. The van der Waals surface area contributed by atoms with Gasteiger partial charge in [-0.25, -0.2) is 0 Å². The molecule has 2 aliphatic rings. The van der Waals surface area contributed by atoms with Crippen molar-refractivity contribution in [1.82, 2.24) is 5.32 Å². The molecule has 0 saturated heterocycles. The first-order valence-corrected chi connectivity index (χ1v) is 8.52. The third-order valence-corrected chi connectivity index (χ3v) is 5.23. The molecule has 3 nitrogen and oxygen atoms in total. The first-order chi connectivity index (χ1) is 9.60. The number of hydrogen-bond donors (Lipinski definition) is 1. The van der Waals surface area contributed by atoms with Gasteiger partial charge in [-0.3, -0.25) is 4.79 Å². The maximum Gasteiger partial charge on any atom is 0.308 e. The van der Waals surface area contributed by atoms with Crippen LogP contribution in [0, 0.1) is 17.8 Å². The summed E-state index contributed by atoms with van der Waals surface area (Å²) in [6.45, 7) is 7.15. The monoisotopic (exact) mass is 281 g/mol. The summed E-state index contributed by atoms with van der Waals surface area (Å²) < 4.78 is 5.14. The third kappa shape index (κ3) is 4.21. The average molecular weight is 281 g/mol. The van der Waals surface area contributed by atoms with E-state index in [-0.39, 0.29) is 11.9 Å². The van der Waals surface area contributed by atoms with Gasteiger partial charge in [0.1, 0.15) is 0 Å². The van der Waals surface area contributed by atoms with Crippen LogP contribution in [0.25, 0.3) is 0 Å². The Balaban J connectivity index is 1.73. The van der Waals surface area contributed by atoms with Crippen LogP contribution in [0.15, 0.2) is 0 Å². The van der Waals surface area contributed by atoms with E-state index in [4.69, 9.17) is 4.74 Å². The number of esters is 1. The second-order valence-corrected chi connectivity index (χ2v) is 6.97. The van der Waals surface area contributed by atoms with Gasteiger partial charge in [0.15, 0.2) is 0 Å². The Kier molecular flexibility index (Phi) is 5.88. The summed E-state index contributed by atoms with van der Waals surface area (Å²) in [4.78, 5) is 11.7. The molecular weight excluding hydrogens is 250 g/mol. The van der Waals surface area contributed by atoms with E-state index in [0.29, 0.717) is 18.7 Å². The lowest BCUT2D eigenvalue weighted by Crippen LogP contribution is -2.46. The van der Waals surface area contributed by atoms with E-state index in [0.717, 1.165) is 37.5 Å². The zero-order valence-corrected chi connectivity index (χ0v) is 13.4. The molecule has 0 aliphatic heterocycles. The Labute approximate surface area is 123 Å². The number of carbonyl (C=O) groups is 1. The fraction of sp³-hybridized carbons (Fsp3) is 0.941. The Morgan fingerprint density at radius 2 is 1.80 bits per heavy atom. The van der Waals surface area contributed by atoms with Gasteiger partial charge >= 0.3 is 5.97 Å². The van der Waals surface area contributed by atoms with E-state index in [1.807, 2.05) is 6.92 Å². The molecular formula is C17H31NO2. The van der Waals surface area contributed by atoms with Crippen LogP contribution in [0.5, 0.6) is 0 Å². The van der Waals surface area contributed by atoms with Crippen molar-refractivity contribution in [2.45, 2.75) is 77.8 Å². The van der Waals surface area contributed by atoms with Crippen molar-refractivity contribution in [1.29, 1.82) is 0 Å². The quantitative estimate of drug-likeness (QED) is 0.801. The highest BCUT2D eigenvalue weighted by Crippen LogP contribution is 2.31. The molecule has 0 heterocycles. The Hall–Kier alpha value is -0.570. The Morgan fingerprint density at radius 1 is 1.10 bits per heavy atom. The minimum absolute atomic E-state index is 0.0193. The normalized spacial score (nSPS) is 38.5. The minimum atomic E-state index is 0.0193. The van der Waals surface area contributed by atoms with Gasteiger partial charge in [-0.2, -0.15) is 0 Å². The van der Waals surface area contributed by atoms with Crippen LogP contribution in [0.2, 0.25) is 0 Å². The molecule has 0 radical (unpaired) electrons. The van der Waals surface area contributed by atoms with E-state index in [1.54, 1.807) is 0 Å². The largest absolute Gasteiger partial charge is 0.466 e. The average Bonchev–Trinajstić information content (AvgIpc) is 2.43. The maximum absolute atomic E-state index is 11.7. The number of rotatable bonds is 4. The molecule has 3 atom stereocenters. The Morgan fingerprint density at radius 3 is 2.40 bits per heavy atom. The van der Waals surface area contributed by atoms with Crippen LogP contribution in [0.3, 0.4) is 0 Å². The molecule has 2 rings (SSSR count). The number of ether oxygens (including phenoxy) is 1. The van der Waals surface area contributed by atoms with Crippen LogP contribution in [-0.4, -0.2) is 24.7 Å². The van der Waals surface area contributed by atoms with Gasteiger partial charge in [-0.15, -0.1) is 0 Å². The van der Waals surface area contributed by atoms with Crippen molar-refractivity contribution in [2.75, 3.05) is 6.61 Å². The first-order valence-electron chi connectivity index (χ1n) is 8.52. The lowest BCUT2D eigenvalue weighted by molar-refractivity contribution is -0.149. The van der Waals surface area contributed by atoms with Crippen molar-refractivity contribution < 1.29 is 9.53 Å².